The van der Waals surface area contributed by atoms with E-state index in [-0.39, 0.29) is 0 Å². The van der Waals surface area contributed by atoms with Crippen molar-refractivity contribution in [2.24, 2.45) is 0 Å². The van der Waals surface area contributed by atoms with Gasteiger partial charge < -0.3 is 9.88 Å². The van der Waals surface area contributed by atoms with Crippen LogP contribution in [0.15, 0.2) is 97.1 Å². The van der Waals surface area contributed by atoms with Gasteiger partial charge in [0.2, 0.25) is 0 Å². The summed E-state index contributed by atoms with van der Waals surface area (Å²) in [5, 5.41) is 14.4. The minimum atomic E-state index is 0.522. The molecule has 0 aliphatic heterocycles. The first-order valence-electron chi connectivity index (χ1n) is 9.72. The van der Waals surface area contributed by atoms with Crippen LogP contribution in [-0.2, 0) is 0 Å². The third-order valence-corrected chi connectivity index (χ3v) is 5.44. The van der Waals surface area contributed by atoms with Gasteiger partial charge in [0.25, 0.3) is 0 Å². The fourth-order valence-corrected chi connectivity index (χ4v) is 4.06. The first-order valence-corrected chi connectivity index (χ1v) is 9.72. The molecular weight excluding hydrogens is 354 g/mol. The summed E-state index contributed by atoms with van der Waals surface area (Å²) in [5.74, 6) is 0. The molecule has 0 saturated carbocycles. The van der Waals surface area contributed by atoms with Crippen molar-refractivity contribution in [3.05, 3.63) is 108 Å². The molecule has 0 spiro atoms. The lowest BCUT2D eigenvalue weighted by atomic mass is 9.99. The zero-order chi connectivity index (χ0) is 19.8. The smallest absolute Gasteiger partial charge is 0.0705 e. The van der Waals surface area contributed by atoms with Crippen molar-refractivity contribution in [2.75, 3.05) is 12.4 Å². The number of benzene rings is 4. The zero-order valence-electron chi connectivity index (χ0n) is 16.2. The summed E-state index contributed by atoms with van der Waals surface area (Å²) in [4.78, 5) is 0. The molecular formula is C26H21N3. The second kappa shape index (κ2) is 6.95. The van der Waals surface area contributed by atoms with E-state index in [4.69, 9.17) is 5.41 Å². The maximum absolute atomic E-state index is 8.82. The van der Waals surface area contributed by atoms with Gasteiger partial charge in [-0.2, -0.15) is 0 Å². The summed E-state index contributed by atoms with van der Waals surface area (Å²) < 4.78 is 2.29. The third-order valence-electron chi connectivity index (χ3n) is 5.44. The van der Waals surface area contributed by atoms with Crippen molar-refractivity contribution in [3.8, 4) is 5.69 Å². The summed E-state index contributed by atoms with van der Waals surface area (Å²) in [6, 6.07) is 33.2. The predicted molar refractivity (Wildman–Crippen MR) is 123 cm³/mol. The van der Waals surface area contributed by atoms with Gasteiger partial charge in [-0.3, -0.25) is 5.41 Å². The van der Waals surface area contributed by atoms with Crippen LogP contribution in [0.25, 0.3) is 27.5 Å². The van der Waals surface area contributed by atoms with E-state index in [0.29, 0.717) is 5.71 Å². The largest absolute Gasteiger partial charge is 0.388 e. The lowest BCUT2D eigenvalue weighted by molar-refractivity contribution is 1.18. The van der Waals surface area contributed by atoms with Gasteiger partial charge in [0.1, 0.15) is 0 Å². The van der Waals surface area contributed by atoms with Gasteiger partial charge in [-0.05, 0) is 36.4 Å². The SMILES string of the molecule is CNc1ccccc1C(=N)c1ccc2c(c1)c1ccccc1n2-c1ccccc1. The fraction of sp³-hybridized carbons (Fsp3) is 0.0385. The van der Waals surface area contributed by atoms with E-state index in [0.717, 1.165) is 33.4 Å². The highest BCUT2D eigenvalue weighted by Crippen LogP contribution is 2.33. The Morgan fingerprint density at radius 3 is 2.24 bits per heavy atom. The van der Waals surface area contributed by atoms with E-state index in [9.17, 15) is 0 Å². The molecule has 3 heteroatoms. The Morgan fingerprint density at radius 1 is 0.724 bits per heavy atom. The van der Waals surface area contributed by atoms with E-state index in [1.54, 1.807) is 0 Å². The molecule has 5 rings (SSSR count). The minimum Gasteiger partial charge on any atom is -0.388 e. The molecule has 0 unspecified atom stereocenters. The van der Waals surface area contributed by atoms with Crippen LogP contribution in [0.2, 0.25) is 0 Å². The molecule has 0 aliphatic rings. The highest BCUT2D eigenvalue weighted by atomic mass is 15.0. The monoisotopic (exact) mass is 375 g/mol. The lowest BCUT2D eigenvalue weighted by Crippen LogP contribution is -2.05. The number of anilines is 1. The van der Waals surface area contributed by atoms with Crippen molar-refractivity contribution in [2.45, 2.75) is 0 Å². The van der Waals surface area contributed by atoms with Crippen LogP contribution in [0.5, 0.6) is 0 Å². The molecule has 140 valence electrons. The van der Waals surface area contributed by atoms with Crippen molar-refractivity contribution in [1.82, 2.24) is 4.57 Å². The maximum Gasteiger partial charge on any atom is 0.0705 e. The predicted octanol–water partition coefficient (Wildman–Crippen LogP) is 6.24. The average Bonchev–Trinajstić information content (AvgIpc) is 3.13. The number of nitrogens with one attached hydrogen (secondary N) is 2. The van der Waals surface area contributed by atoms with Gasteiger partial charge in [0, 0.05) is 40.3 Å². The molecule has 1 heterocycles. The van der Waals surface area contributed by atoms with Crippen molar-refractivity contribution < 1.29 is 0 Å². The Bertz CT molecular complexity index is 1350. The Balaban J connectivity index is 1.74. The quantitative estimate of drug-likeness (QED) is 0.359. The second-order valence-electron chi connectivity index (χ2n) is 7.09. The van der Waals surface area contributed by atoms with Crippen LogP contribution >= 0.6 is 0 Å². The van der Waals surface area contributed by atoms with E-state index in [2.05, 4.69) is 76.6 Å². The number of hydrogen-bond donors (Lipinski definition) is 2. The highest BCUT2D eigenvalue weighted by molar-refractivity contribution is 6.17. The number of nitrogens with zero attached hydrogens (tertiary/aromatic N) is 1. The maximum atomic E-state index is 8.82. The van der Waals surface area contributed by atoms with Crippen LogP contribution in [0.4, 0.5) is 5.69 Å². The number of fused-ring (bicyclic) bond motifs is 3. The van der Waals surface area contributed by atoms with Crippen LogP contribution in [-0.4, -0.2) is 17.3 Å². The van der Waals surface area contributed by atoms with Crippen LogP contribution in [0.3, 0.4) is 0 Å². The van der Waals surface area contributed by atoms with E-state index in [1.807, 2.05) is 37.4 Å². The molecule has 0 saturated heterocycles. The topological polar surface area (TPSA) is 40.8 Å². The summed E-state index contributed by atoms with van der Waals surface area (Å²) in [7, 11) is 1.89. The first kappa shape index (κ1) is 17.3. The van der Waals surface area contributed by atoms with Gasteiger partial charge >= 0.3 is 0 Å². The van der Waals surface area contributed by atoms with E-state index >= 15 is 0 Å². The minimum absolute atomic E-state index is 0.522. The summed E-state index contributed by atoms with van der Waals surface area (Å²) >= 11 is 0. The van der Waals surface area contributed by atoms with Gasteiger partial charge in [-0.25, -0.2) is 0 Å². The number of rotatable bonds is 4. The molecule has 5 aromatic rings. The fourth-order valence-electron chi connectivity index (χ4n) is 4.06. The summed E-state index contributed by atoms with van der Waals surface area (Å²) in [6.45, 7) is 0. The van der Waals surface area contributed by atoms with Crippen LogP contribution < -0.4 is 5.32 Å². The van der Waals surface area contributed by atoms with Gasteiger partial charge in [-0.15, -0.1) is 0 Å². The number of hydrogen-bond acceptors (Lipinski definition) is 2. The van der Waals surface area contributed by atoms with Crippen molar-refractivity contribution in [3.63, 3.8) is 0 Å². The summed E-state index contributed by atoms with van der Waals surface area (Å²) in [6.07, 6.45) is 0. The molecule has 3 nitrogen and oxygen atoms in total. The zero-order valence-corrected chi connectivity index (χ0v) is 16.2. The normalized spacial score (nSPS) is 11.1. The standard InChI is InChI=1S/C26H21N3/c1-28-23-13-7-5-12-21(23)26(27)18-15-16-25-22(17-18)20-11-6-8-14-24(20)29(25)19-9-3-2-4-10-19/h2-17,27-28H,1H3. The van der Waals surface area contributed by atoms with Gasteiger partial charge in [-0.1, -0.05) is 60.7 Å². The molecule has 0 bridgehead atoms. The van der Waals surface area contributed by atoms with Crippen LogP contribution in [0.1, 0.15) is 11.1 Å². The third kappa shape index (κ3) is 2.79. The molecule has 0 aliphatic carbocycles. The molecule has 29 heavy (non-hydrogen) atoms. The summed E-state index contributed by atoms with van der Waals surface area (Å²) in [5.41, 5.74) is 6.76. The number of para-hydroxylation sites is 3. The van der Waals surface area contributed by atoms with Crippen LogP contribution in [0, 0.1) is 5.41 Å². The van der Waals surface area contributed by atoms with Gasteiger partial charge in [0.05, 0.1) is 16.7 Å². The van der Waals surface area contributed by atoms with Crippen molar-refractivity contribution in [1.29, 1.82) is 5.41 Å². The Kier molecular flexibility index (Phi) is 4.14. The Morgan fingerprint density at radius 2 is 1.41 bits per heavy atom. The highest BCUT2D eigenvalue weighted by Gasteiger charge is 2.15. The molecule has 0 fully saturated rings. The van der Waals surface area contributed by atoms with Crippen molar-refractivity contribution >= 4 is 33.2 Å². The van der Waals surface area contributed by atoms with E-state index < -0.39 is 0 Å². The molecule has 0 amide bonds. The van der Waals surface area contributed by atoms with E-state index in [1.165, 1.54) is 10.9 Å². The molecule has 4 aromatic carbocycles. The second-order valence-corrected chi connectivity index (χ2v) is 7.09. The molecule has 0 atom stereocenters. The molecule has 1 aromatic heterocycles. The average molecular weight is 375 g/mol. The molecule has 0 radical (unpaired) electrons. The first-order chi connectivity index (χ1) is 14.3. The Hall–Kier alpha value is -3.85. The Labute approximate surface area is 169 Å². The van der Waals surface area contributed by atoms with Gasteiger partial charge in [0.15, 0.2) is 0 Å². The molecule has 2 N–H and O–H groups in total. The number of aromatic nitrogens is 1. The lowest BCUT2D eigenvalue weighted by Gasteiger charge is -2.11.